The lowest BCUT2D eigenvalue weighted by atomic mass is 10.3. The highest BCUT2D eigenvalue weighted by molar-refractivity contribution is 7.99. The summed E-state index contributed by atoms with van der Waals surface area (Å²) in [5.74, 6) is 0.419. The van der Waals surface area contributed by atoms with Gasteiger partial charge in [-0.3, -0.25) is 9.83 Å². The first-order valence-corrected chi connectivity index (χ1v) is 5.88. The molecule has 0 aliphatic rings. The largest absolute Gasteiger partial charge is 0.433 e. The fourth-order valence-electron chi connectivity index (χ4n) is 1.10. The highest BCUT2D eigenvalue weighted by Crippen LogP contribution is 2.30. The van der Waals surface area contributed by atoms with Crippen molar-refractivity contribution in [2.24, 2.45) is 0 Å². The molecule has 1 atom stereocenters. The molecule has 7 heteroatoms. The number of aromatic nitrogens is 1. The lowest BCUT2D eigenvalue weighted by molar-refractivity contribution is -0.141. The van der Waals surface area contributed by atoms with Gasteiger partial charge in [0.1, 0.15) is 5.69 Å². The van der Waals surface area contributed by atoms with E-state index in [9.17, 15) is 13.2 Å². The van der Waals surface area contributed by atoms with Crippen molar-refractivity contribution in [1.82, 2.24) is 4.98 Å². The summed E-state index contributed by atoms with van der Waals surface area (Å²) >= 11 is 1.18. The lowest BCUT2D eigenvalue weighted by Crippen LogP contribution is -2.07. The van der Waals surface area contributed by atoms with Gasteiger partial charge in [-0.25, -0.2) is 6.57 Å². The van der Waals surface area contributed by atoms with E-state index in [0.29, 0.717) is 17.1 Å². The maximum Gasteiger partial charge on any atom is 0.433 e. The van der Waals surface area contributed by atoms with Gasteiger partial charge in [-0.2, -0.15) is 18.4 Å². The predicted octanol–water partition coefficient (Wildman–Crippen LogP) is 3.39. The molecule has 0 amide bonds. The second kappa shape index (κ2) is 6.27. The molecule has 0 aliphatic carbocycles. The van der Waals surface area contributed by atoms with Gasteiger partial charge in [0.2, 0.25) is 0 Å². The molecule has 0 bridgehead atoms. The van der Waals surface area contributed by atoms with Gasteiger partial charge in [0.15, 0.2) is 6.07 Å². The molecule has 0 N–H and O–H groups in total. The zero-order valence-corrected chi connectivity index (χ0v) is 9.92. The summed E-state index contributed by atoms with van der Waals surface area (Å²) in [6.45, 7) is 6.69. The van der Waals surface area contributed by atoms with Crippen molar-refractivity contribution in [2.75, 3.05) is 5.75 Å². The summed E-state index contributed by atoms with van der Waals surface area (Å²) in [7, 11) is 0. The standard InChI is InChI=1S/C11H8F3N3S/c1-16-8(7-15)3-5-18-9-2-4-17-10(6-9)11(12,13)14/h2,4,6,8H,3,5H2. The first kappa shape index (κ1) is 14.3. The number of pyridine rings is 1. The quantitative estimate of drug-likeness (QED) is 0.622. The van der Waals surface area contributed by atoms with Crippen LogP contribution >= 0.6 is 11.8 Å². The molecule has 1 aromatic rings. The average Bonchev–Trinajstić information content (AvgIpc) is 2.34. The summed E-state index contributed by atoms with van der Waals surface area (Å²) in [6, 6.07) is 3.51. The second-order valence-electron chi connectivity index (χ2n) is 3.29. The zero-order valence-electron chi connectivity index (χ0n) is 9.11. The second-order valence-corrected chi connectivity index (χ2v) is 4.45. The van der Waals surface area contributed by atoms with Crippen molar-refractivity contribution < 1.29 is 13.2 Å². The third kappa shape index (κ3) is 4.27. The van der Waals surface area contributed by atoms with Crippen LogP contribution in [-0.4, -0.2) is 16.8 Å². The Balaban J connectivity index is 2.60. The highest BCUT2D eigenvalue weighted by Gasteiger charge is 2.32. The van der Waals surface area contributed by atoms with Crippen molar-refractivity contribution in [3.8, 4) is 6.07 Å². The van der Waals surface area contributed by atoms with Gasteiger partial charge in [-0.1, -0.05) is 0 Å². The normalized spacial score (nSPS) is 12.5. The Kier molecular flexibility index (Phi) is 4.99. The minimum absolute atomic E-state index is 0.328. The molecule has 18 heavy (non-hydrogen) atoms. The molecule has 0 fully saturated rings. The molecule has 94 valence electrons. The van der Waals surface area contributed by atoms with E-state index in [0.717, 1.165) is 12.3 Å². The molecule has 0 aromatic carbocycles. The fraction of sp³-hybridized carbons (Fsp3) is 0.364. The van der Waals surface area contributed by atoms with Gasteiger partial charge in [-0.15, -0.1) is 11.8 Å². The van der Waals surface area contributed by atoms with Crippen LogP contribution in [-0.2, 0) is 6.18 Å². The van der Waals surface area contributed by atoms with Gasteiger partial charge in [-0.05, 0) is 12.1 Å². The minimum Gasteiger partial charge on any atom is -0.297 e. The van der Waals surface area contributed by atoms with Crippen LogP contribution in [0.4, 0.5) is 13.2 Å². The van der Waals surface area contributed by atoms with E-state index in [1.54, 1.807) is 0 Å². The molecular weight excluding hydrogens is 263 g/mol. The first-order valence-electron chi connectivity index (χ1n) is 4.89. The van der Waals surface area contributed by atoms with Crippen LogP contribution in [0.5, 0.6) is 0 Å². The third-order valence-electron chi connectivity index (χ3n) is 1.99. The number of hydrogen-bond acceptors (Lipinski definition) is 3. The minimum atomic E-state index is -4.46. The summed E-state index contributed by atoms with van der Waals surface area (Å²) < 4.78 is 37.1. The number of thioether (sulfide) groups is 1. The molecule has 0 saturated heterocycles. The molecule has 1 unspecified atom stereocenters. The average molecular weight is 271 g/mol. The Morgan fingerprint density at radius 1 is 1.56 bits per heavy atom. The molecule has 3 nitrogen and oxygen atoms in total. The van der Waals surface area contributed by atoms with Gasteiger partial charge >= 0.3 is 12.2 Å². The van der Waals surface area contributed by atoms with E-state index in [1.807, 2.05) is 6.07 Å². The predicted molar refractivity (Wildman–Crippen MR) is 60.6 cm³/mol. The van der Waals surface area contributed by atoms with Crippen molar-refractivity contribution in [2.45, 2.75) is 23.5 Å². The van der Waals surface area contributed by atoms with E-state index in [1.165, 1.54) is 17.8 Å². The number of halogens is 3. The monoisotopic (exact) mass is 271 g/mol. The fourth-order valence-corrected chi connectivity index (χ4v) is 2.03. The molecule has 0 aliphatic heterocycles. The number of alkyl halides is 3. The number of nitrogens with zero attached hydrogens (tertiary/aromatic N) is 3. The number of hydrogen-bond donors (Lipinski definition) is 0. The third-order valence-corrected chi connectivity index (χ3v) is 3.01. The van der Waals surface area contributed by atoms with Gasteiger partial charge in [0.25, 0.3) is 0 Å². The molecular formula is C11H8F3N3S. The van der Waals surface area contributed by atoms with Crippen molar-refractivity contribution in [1.29, 1.82) is 5.26 Å². The van der Waals surface area contributed by atoms with Crippen molar-refractivity contribution in [3.05, 3.63) is 35.4 Å². The number of nitriles is 1. The topological polar surface area (TPSA) is 41.0 Å². The van der Waals surface area contributed by atoms with E-state index >= 15 is 0 Å². The maximum absolute atomic E-state index is 12.4. The van der Waals surface area contributed by atoms with Gasteiger partial charge in [0.05, 0.1) is 0 Å². The molecule has 0 spiro atoms. The van der Waals surface area contributed by atoms with Crippen LogP contribution < -0.4 is 0 Å². The van der Waals surface area contributed by atoms with Crippen molar-refractivity contribution in [3.63, 3.8) is 0 Å². The molecule has 1 heterocycles. The lowest BCUT2D eigenvalue weighted by Gasteiger charge is -2.07. The summed E-state index contributed by atoms with van der Waals surface area (Å²) in [5, 5.41) is 8.54. The van der Waals surface area contributed by atoms with E-state index in [4.69, 9.17) is 11.8 Å². The zero-order chi connectivity index (χ0) is 13.6. The summed E-state index contributed by atoms with van der Waals surface area (Å²) in [6.07, 6.45) is -3.03. The molecule has 0 radical (unpaired) electrons. The number of rotatable bonds is 4. The van der Waals surface area contributed by atoms with Crippen LogP contribution in [0.15, 0.2) is 23.2 Å². The van der Waals surface area contributed by atoms with Crippen molar-refractivity contribution >= 4 is 11.8 Å². The van der Waals surface area contributed by atoms with Gasteiger partial charge < -0.3 is 0 Å². The van der Waals surface area contributed by atoms with E-state index in [-0.39, 0.29) is 0 Å². The molecule has 1 rings (SSSR count). The Bertz CT molecular complexity index is 474. The van der Waals surface area contributed by atoms with E-state index < -0.39 is 17.9 Å². The Labute approximate surface area is 106 Å². The Morgan fingerprint density at radius 2 is 2.28 bits per heavy atom. The van der Waals surface area contributed by atoms with Gasteiger partial charge in [0, 0.05) is 23.3 Å². The molecule has 1 aromatic heterocycles. The van der Waals surface area contributed by atoms with Crippen LogP contribution in [0.25, 0.3) is 4.85 Å². The Hall–Kier alpha value is -1.73. The summed E-state index contributed by atoms with van der Waals surface area (Å²) in [4.78, 5) is 6.75. The smallest absolute Gasteiger partial charge is 0.297 e. The first-order chi connectivity index (χ1) is 8.47. The SMILES string of the molecule is [C-]#[N+]C(C#N)CCSc1ccnc(C(F)(F)F)c1. The van der Waals surface area contributed by atoms with Crippen LogP contribution in [0.1, 0.15) is 12.1 Å². The summed E-state index contributed by atoms with van der Waals surface area (Å²) in [5.41, 5.74) is -0.936. The Morgan fingerprint density at radius 3 is 2.83 bits per heavy atom. The van der Waals surface area contributed by atoms with E-state index in [2.05, 4.69) is 9.83 Å². The van der Waals surface area contributed by atoms with Crippen LogP contribution in [0.3, 0.4) is 0 Å². The van der Waals surface area contributed by atoms with Crippen LogP contribution in [0.2, 0.25) is 0 Å². The highest BCUT2D eigenvalue weighted by atomic mass is 32.2. The molecule has 0 saturated carbocycles. The maximum atomic E-state index is 12.4. The van der Waals surface area contributed by atoms with Crippen LogP contribution in [0, 0.1) is 17.9 Å².